The number of nitrogens with one attached hydrogen (secondary N) is 4. The van der Waals surface area contributed by atoms with Gasteiger partial charge in [0.1, 0.15) is 11.6 Å². The van der Waals surface area contributed by atoms with Gasteiger partial charge >= 0.3 is 0 Å². The summed E-state index contributed by atoms with van der Waals surface area (Å²) in [5, 5.41) is 62.8. The number of benzene rings is 14. The summed E-state index contributed by atoms with van der Waals surface area (Å²) in [6, 6.07) is 121. The Morgan fingerprint density at radius 1 is 0.311 bits per heavy atom. The average Bonchev–Trinajstić information content (AvgIpc) is 1.64. The van der Waals surface area contributed by atoms with Crippen LogP contribution in [0.25, 0.3) is 105 Å². The molecule has 20 aromatic rings. The molecule has 135 heavy (non-hydrogen) atoms. The van der Waals surface area contributed by atoms with E-state index in [0.717, 1.165) is 144 Å². The standard InChI is InChI=1S/C22H16ClFN2O2.C22H17ClN2O2.C22H17FN2O2.C22H18N2O2.C21H17N3O2.H2S/c23-18-12-15(10-11-19(18)24)22-21(16-8-4-5-9-20(16)25-22)17(13-26(27)28)14-6-2-1-3-7-14;2*23-17-12-10-16(11-13-17)22-21(18-8-4-5-9-20(18)24-22)19(14-25(26)27)15-6-2-1-3-7-15;25-24(26)16-20(17-9-3-1-4-10-17)21-15-23(18-11-5-2-6-12-18)22-14-8-7-13-19(21)22;25-24(26)14-17(18-11-6-7-13-22-18)20-16-10-4-5-12-19(16)23-21(20)15-8-2-1-3-9-15;/h1-12,17,25H,13H2;2*1-13,19,24H,14H2;1-15,20H,16H2;1-13,17,23H,14H2;1H2/t;;;;17-;/m....0./s1. The molecule has 0 spiro atoms. The quantitative estimate of drug-likeness (QED) is 0.0308. The number of hydrogen-bond donors (Lipinski definition) is 4. The van der Waals surface area contributed by atoms with Gasteiger partial charge in [-0.15, -0.1) is 0 Å². The molecule has 0 bridgehead atoms. The van der Waals surface area contributed by atoms with Crippen molar-refractivity contribution in [1.82, 2.24) is 29.5 Å². The number of H-pyrrole nitrogens is 4. The maximum Gasteiger partial charge on any atom is 0.216 e. The highest BCUT2D eigenvalue weighted by Gasteiger charge is 2.34. The number of halogens is 4. The molecule has 26 heteroatoms. The van der Waals surface area contributed by atoms with Crippen LogP contribution in [0.5, 0.6) is 0 Å². The lowest BCUT2D eigenvalue weighted by Gasteiger charge is -2.16. The van der Waals surface area contributed by atoms with Crippen molar-refractivity contribution < 1.29 is 33.4 Å². The van der Waals surface area contributed by atoms with E-state index in [0.29, 0.717) is 22.0 Å². The first-order valence-electron chi connectivity index (χ1n) is 43.1. The smallest absolute Gasteiger partial charge is 0.216 e. The number of para-hydroxylation sites is 6. The Morgan fingerprint density at radius 3 is 1.00 bits per heavy atom. The van der Waals surface area contributed by atoms with Crippen molar-refractivity contribution in [2.75, 3.05) is 32.7 Å². The lowest BCUT2D eigenvalue weighted by atomic mass is 9.87. The van der Waals surface area contributed by atoms with Crippen LogP contribution in [0.15, 0.2) is 401 Å². The first-order valence-corrected chi connectivity index (χ1v) is 43.8. The summed E-state index contributed by atoms with van der Waals surface area (Å²) in [7, 11) is 0. The fraction of sp³-hybridized carbons (Fsp3) is 0.0917. The van der Waals surface area contributed by atoms with E-state index in [4.69, 9.17) is 23.2 Å². The van der Waals surface area contributed by atoms with Gasteiger partial charge in [-0.1, -0.05) is 302 Å². The third-order valence-corrected chi connectivity index (χ3v) is 24.1. The minimum Gasteiger partial charge on any atom is -0.354 e. The molecule has 0 radical (unpaired) electrons. The van der Waals surface area contributed by atoms with Crippen molar-refractivity contribution in [1.29, 1.82) is 0 Å². The van der Waals surface area contributed by atoms with Gasteiger partial charge < -0.3 is 24.5 Å². The van der Waals surface area contributed by atoms with Crippen molar-refractivity contribution in [2.24, 2.45) is 0 Å². The third kappa shape index (κ3) is 22.0. The first kappa shape index (κ1) is 93.4. The molecule has 20 rings (SSSR count). The Balaban J connectivity index is 0.000000128. The average molecular weight is 1850 g/mol. The van der Waals surface area contributed by atoms with E-state index in [1.165, 1.54) is 18.2 Å². The molecule has 0 saturated carbocycles. The second-order valence-electron chi connectivity index (χ2n) is 31.9. The van der Waals surface area contributed by atoms with Crippen molar-refractivity contribution in [3.05, 3.63) is 529 Å². The predicted molar refractivity (Wildman–Crippen MR) is 537 cm³/mol. The highest BCUT2D eigenvalue weighted by atomic mass is 35.5. The summed E-state index contributed by atoms with van der Waals surface area (Å²) >= 11 is 12.0. The van der Waals surface area contributed by atoms with Crippen LogP contribution in [0, 0.1) is 62.2 Å². The number of nitrogens with zero attached hydrogens (tertiary/aromatic N) is 7. The number of fused-ring (bicyclic) bond motifs is 5. The predicted octanol–water partition coefficient (Wildman–Crippen LogP) is 27.1. The van der Waals surface area contributed by atoms with E-state index in [1.54, 1.807) is 30.5 Å². The Labute approximate surface area is 790 Å². The third-order valence-electron chi connectivity index (χ3n) is 23.6. The zero-order valence-electron chi connectivity index (χ0n) is 72.3. The van der Waals surface area contributed by atoms with Crippen LogP contribution < -0.4 is 0 Å². The molecule has 6 heterocycles. The van der Waals surface area contributed by atoms with E-state index in [1.807, 2.05) is 346 Å². The van der Waals surface area contributed by atoms with Gasteiger partial charge in [0.25, 0.3) is 0 Å². The lowest BCUT2D eigenvalue weighted by molar-refractivity contribution is -0.481. The molecule has 0 aliphatic heterocycles. The number of pyridine rings is 1. The lowest BCUT2D eigenvalue weighted by Crippen LogP contribution is -2.15. The Kier molecular flexibility index (Phi) is 30.2. The van der Waals surface area contributed by atoms with E-state index >= 15 is 0 Å². The number of aromatic amines is 4. The monoisotopic (exact) mass is 1850 g/mol. The van der Waals surface area contributed by atoms with E-state index in [9.17, 15) is 59.4 Å². The minimum atomic E-state index is -0.507. The van der Waals surface area contributed by atoms with E-state index in [2.05, 4.69) is 35.6 Å². The van der Waals surface area contributed by atoms with Crippen molar-refractivity contribution in [3.8, 4) is 50.7 Å². The summed E-state index contributed by atoms with van der Waals surface area (Å²) in [6.07, 6.45) is 3.72. The fourth-order valence-electron chi connectivity index (χ4n) is 17.7. The number of nitro groups is 5. The summed E-state index contributed by atoms with van der Waals surface area (Å²) in [6.45, 7) is -0.994. The van der Waals surface area contributed by atoms with Crippen molar-refractivity contribution in [2.45, 2.75) is 29.6 Å². The molecule has 4 unspecified atom stereocenters. The molecule has 0 aliphatic carbocycles. The van der Waals surface area contributed by atoms with E-state index in [-0.39, 0.29) is 93.5 Å². The summed E-state index contributed by atoms with van der Waals surface area (Å²) in [4.78, 5) is 73.9. The molecule has 672 valence electrons. The molecule has 14 aromatic carbocycles. The normalized spacial score (nSPS) is 12.1. The highest BCUT2D eigenvalue weighted by molar-refractivity contribution is 7.59. The van der Waals surface area contributed by atoms with Crippen LogP contribution in [0.2, 0.25) is 10.0 Å². The number of aromatic nitrogens is 6. The number of hydrogen-bond acceptors (Lipinski definition) is 11. The zero-order valence-corrected chi connectivity index (χ0v) is 74.8. The van der Waals surface area contributed by atoms with Gasteiger partial charge in [-0.3, -0.25) is 55.6 Å². The largest absolute Gasteiger partial charge is 0.354 e. The van der Waals surface area contributed by atoms with Gasteiger partial charge in [0.2, 0.25) is 32.7 Å². The molecule has 21 nitrogen and oxygen atoms in total. The van der Waals surface area contributed by atoms with Crippen LogP contribution in [0.3, 0.4) is 0 Å². The molecule has 6 aromatic heterocycles. The van der Waals surface area contributed by atoms with Gasteiger partial charge in [-0.2, -0.15) is 13.5 Å². The van der Waals surface area contributed by atoms with E-state index < -0.39 is 23.6 Å². The molecule has 0 amide bonds. The Morgan fingerprint density at radius 2 is 0.615 bits per heavy atom. The van der Waals surface area contributed by atoms with Crippen LogP contribution in [0.1, 0.15) is 85.4 Å². The number of rotatable bonds is 25. The molecule has 5 atom stereocenters. The summed E-state index contributed by atoms with van der Waals surface area (Å²) < 4.78 is 29.2. The molecular weight excluding hydrogens is 1760 g/mol. The van der Waals surface area contributed by atoms with Crippen LogP contribution >= 0.6 is 36.7 Å². The zero-order chi connectivity index (χ0) is 93.1. The Bertz CT molecular complexity index is 7310. The second-order valence-corrected chi connectivity index (χ2v) is 32.7. The van der Waals surface area contributed by atoms with Crippen LogP contribution in [0.4, 0.5) is 8.78 Å². The first-order chi connectivity index (χ1) is 65.3. The highest BCUT2D eigenvalue weighted by Crippen LogP contribution is 2.45. The summed E-state index contributed by atoms with van der Waals surface area (Å²) in [5.41, 5.74) is 21.3. The molecular formula is C109H87Cl2F2N11O10S. The van der Waals surface area contributed by atoms with Crippen molar-refractivity contribution in [3.63, 3.8) is 0 Å². The Hall–Kier alpha value is -16.3. The molecule has 4 N–H and O–H groups in total. The topological polar surface area (TPSA) is 297 Å². The van der Waals surface area contributed by atoms with Gasteiger partial charge in [0.15, 0.2) is 0 Å². The second kappa shape index (κ2) is 43.6. The molecule has 0 fully saturated rings. The molecule has 0 aliphatic rings. The minimum absolute atomic E-state index is 0. The van der Waals surface area contributed by atoms with Crippen LogP contribution in [-0.4, -0.2) is 86.8 Å². The van der Waals surface area contributed by atoms with Gasteiger partial charge in [0.05, 0.1) is 68.6 Å². The van der Waals surface area contributed by atoms with Crippen molar-refractivity contribution >= 4 is 91.2 Å². The molecule has 0 saturated heterocycles. The maximum atomic E-state index is 13.7. The van der Waals surface area contributed by atoms with Gasteiger partial charge in [-0.25, -0.2) is 8.78 Å². The van der Waals surface area contributed by atoms with Gasteiger partial charge in [0, 0.05) is 102 Å². The maximum absolute atomic E-state index is 13.7. The SMILES string of the molecule is O=[N+]([O-])CC(c1ccccc1)c1c(-c2ccc(Cl)cc2)[nH]c2ccccc12.O=[N+]([O-])CC(c1ccccc1)c1c(-c2ccc(F)c(Cl)c2)[nH]c2ccccc12.O=[N+]([O-])CC(c1ccccc1)c1c(-c2ccc(F)cc2)[nH]c2ccccc12.O=[N+]([O-])CC(c1ccccc1)c1cn(-c2ccccc2)c2ccccc12.O=[N+]([O-])C[C@@H](c1ccccn1)c1c(-c2ccccc2)[nH]c2ccccc12.S. The fourth-order valence-corrected chi connectivity index (χ4v) is 18.0. The summed E-state index contributed by atoms with van der Waals surface area (Å²) in [5.74, 6) is -2.79. The van der Waals surface area contributed by atoms with Gasteiger partial charge in [-0.05, 0) is 176 Å². The van der Waals surface area contributed by atoms with Crippen LogP contribution in [-0.2, 0) is 0 Å².